The average Bonchev–Trinajstić information content (AvgIpc) is 2.91. The molecule has 0 amide bonds. The van der Waals surface area contributed by atoms with Gasteiger partial charge in [-0.25, -0.2) is 4.98 Å². The third-order valence-electron chi connectivity index (χ3n) is 6.44. The van der Waals surface area contributed by atoms with Crippen molar-refractivity contribution in [3.63, 3.8) is 0 Å². The van der Waals surface area contributed by atoms with Crippen LogP contribution in [0.3, 0.4) is 0 Å². The number of rotatable bonds is 6. The summed E-state index contributed by atoms with van der Waals surface area (Å²) in [5, 5.41) is 4.17. The predicted molar refractivity (Wildman–Crippen MR) is 142 cm³/mol. The summed E-state index contributed by atoms with van der Waals surface area (Å²) < 4.78 is 11.1. The molecule has 0 unspecified atom stereocenters. The summed E-state index contributed by atoms with van der Waals surface area (Å²) in [6, 6.07) is 14.5. The van der Waals surface area contributed by atoms with E-state index in [-0.39, 0.29) is 0 Å². The summed E-state index contributed by atoms with van der Waals surface area (Å²) >= 11 is 6.35. The molecule has 0 atom stereocenters. The van der Waals surface area contributed by atoms with Crippen LogP contribution < -0.4 is 20.0 Å². The molecule has 3 heterocycles. The molecular formula is C26H31ClN6O2. The highest BCUT2D eigenvalue weighted by molar-refractivity contribution is 6.31. The maximum absolute atomic E-state index is 6.35. The van der Waals surface area contributed by atoms with Crippen LogP contribution in [0.15, 0.2) is 48.7 Å². The molecule has 1 aromatic heterocycles. The Morgan fingerprint density at radius 3 is 2.11 bits per heavy atom. The molecule has 3 aromatic rings. The normalized spacial score (nSPS) is 16.3. The van der Waals surface area contributed by atoms with E-state index in [2.05, 4.69) is 38.3 Å². The van der Waals surface area contributed by atoms with Crippen molar-refractivity contribution in [2.45, 2.75) is 6.92 Å². The number of halogens is 1. The minimum Gasteiger partial charge on any atom is -0.378 e. The minimum absolute atomic E-state index is 0.541. The number of aromatic nitrogens is 2. The Labute approximate surface area is 211 Å². The molecule has 5 rings (SSSR count). The van der Waals surface area contributed by atoms with Gasteiger partial charge < -0.3 is 29.5 Å². The first-order valence-electron chi connectivity index (χ1n) is 12.0. The average molecular weight is 495 g/mol. The molecular weight excluding hydrogens is 464 g/mol. The maximum atomic E-state index is 6.35. The third kappa shape index (κ3) is 5.61. The molecule has 0 radical (unpaired) electrons. The van der Waals surface area contributed by atoms with Gasteiger partial charge >= 0.3 is 0 Å². The van der Waals surface area contributed by atoms with Gasteiger partial charge in [0.25, 0.3) is 0 Å². The van der Waals surface area contributed by atoms with Crippen LogP contribution >= 0.6 is 11.6 Å². The van der Waals surface area contributed by atoms with E-state index in [1.165, 1.54) is 11.4 Å². The number of aryl methyl sites for hydroxylation is 1. The minimum atomic E-state index is 0.541. The summed E-state index contributed by atoms with van der Waals surface area (Å²) in [7, 11) is 1.97. The summed E-state index contributed by atoms with van der Waals surface area (Å²) in [5.41, 5.74) is 5.30. The Morgan fingerprint density at radius 2 is 1.51 bits per heavy atom. The van der Waals surface area contributed by atoms with Crippen LogP contribution in [-0.4, -0.2) is 69.6 Å². The molecule has 2 saturated heterocycles. The van der Waals surface area contributed by atoms with E-state index in [1.807, 2.05) is 43.1 Å². The number of hydrogen-bond acceptors (Lipinski definition) is 8. The summed E-state index contributed by atoms with van der Waals surface area (Å²) in [6.07, 6.45) is 1.77. The van der Waals surface area contributed by atoms with E-state index in [0.29, 0.717) is 5.95 Å². The molecule has 2 aliphatic rings. The highest BCUT2D eigenvalue weighted by Crippen LogP contribution is 2.31. The van der Waals surface area contributed by atoms with Crippen molar-refractivity contribution in [2.75, 3.05) is 79.7 Å². The first-order valence-corrected chi connectivity index (χ1v) is 12.3. The number of nitrogens with one attached hydrogen (secondary N) is 1. The van der Waals surface area contributed by atoms with Gasteiger partial charge in [0.2, 0.25) is 5.95 Å². The summed E-state index contributed by atoms with van der Waals surface area (Å²) in [5.74, 6) is 1.32. The van der Waals surface area contributed by atoms with Crippen molar-refractivity contribution in [1.29, 1.82) is 0 Å². The molecule has 0 bridgehead atoms. The molecule has 8 nitrogen and oxygen atoms in total. The fraction of sp³-hybridized carbons (Fsp3) is 0.385. The van der Waals surface area contributed by atoms with Crippen molar-refractivity contribution in [2.24, 2.45) is 0 Å². The highest BCUT2D eigenvalue weighted by Gasteiger charge is 2.18. The number of anilines is 6. The van der Waals surface area contributed by atoms with Crippen molar-refractivity contribution >= 4 is 46.1 Å². The van der Waals surface area contributed by atoms with Gasteiger partial charge in [-0.15, -0.1) is 0 Å². The van der Waals surface area contributed by atoms with Crippen molar-refractivity contribution in [3.8, 4) is 0 Å². The van der Waals surface area contributed by atoms with Crippen LogP contribution in [0, 0.1) is 6.92 Å². The number of ether oxygens (including phenoxy) is 2. The van der Waals surface area contributed by atoms with Gasteiger partial charge in [0.1, 0.15) is 5.82 Å². The zero-order valence-corrected chi connectivity index (χ0v) is 21.0. The molecule has 2 aliphatic heterocycles. The Kier molecular flexibility index (Phi) is 7.22. The molecule has 1 N–H and O–H groups in total. The largest absolute Gasteiger partial charge is 0.378 e. The number of hydrogen-bond donors (Lipinski definition) is 1. The lowest BCUT2D eigenvalue weighted by atomic mass is 10.2. The van der Waals surface area contributed by atoms with E-state index in [0.717, 1.165) is 80.4 Å². The fourth-order valence-corrected chi connectivity index (χ4v) is 4.50. The second-order valence-corrected chi connectivity index (χ2v) is 9.20. The first kappa shape index (κ1) is 23.7. The third-order valence-corrected chi connectivity index (χ3v) is 6.85. The number of nitrogens with zero attached hydrogens (tertiary/aromatic N) is 5. The van der Waals surface area contributed by atoms with Crippen LogP contribution in [0.25, 0.3) is 0 Å². The molecule has 2 fully saturated rings. The quantitative estimate of drug-likeness (QED) is 0.532. The van der Waals surface area contributed by atoms with Crippen molar-refractivity contribution in [1.82, 2.24) is 9.97 Å². The van der Waals surface area contributed by atoms with E-state index < -0.39 is 0 Å². The van der Waals surface area contributed by atoms with E-state index in [4.69, 9.17) is 26.1 Å². The Balaban J connectivity index is 1.42. The van der Waals surface area contributed by atoms with Gasteiger partial charge in [-0.1, -0.05) is 17.7 Å². The molecule has 184 valence electrons. The molecule has 0 aliphatic carbocycles. The van der Waals surface area contributed by atoms with Gasteiger partial charge in [0, 0.05) is 67.2 Å². The Morgan fingerprint density at radius 1 is 0.886 bits per heavy atom. The van der Waals surface area contributed by atoms with Crippen LogP contribution in [0.5, 0.6) is 0 Å². The number of morpholine rings is 2. The standard InChI is InChI=1S/C26H31ClN6O2/c1-19-3-4-21(18-24(19)27)31(2)25-5-6-28-26(30-25)29-20-15-22(32-7-11-34-12-8-32)17-23(16-20)33-9-13-35-14-10-33/h3-6,15-18H,7-14H2,1-2H3,(H,28,29,30). The molecule has 35 heavy (non-hydrogen) atoms. The van der Waals surface area contributed by atoms with Crippen molar-refractivity contribution < 1.29 is 9.47 Å². The van der Waals surface area contributed by atoms with E-state index in [1.54, 1.807) is 6.20 Å². The van der Waals surface area contributed by atoms with Crippen LogP contribution in [0.1, 0.15) is 5.56 Å². The molecule has 9 heteroatoms. The van der Waals surface area contributed by atoms with Crippen LogP contribution in [-0.2, 0) is 9.47 Å². The van der Waals surface area contributed by atoms with Gasteiger partial charge in [0.15, 0.2) is 0 Å². The maximum Gasteiger partial charge on any atom is 0.229 e. The Hall–Kier alpha value is -3.07. The van der Waals surface area contributed by atoms with Crippen LogP contribution in [0.2, 0.25) is 5.02 Å². The Bertz CT molecular complexity index is 1130. The SMILES string of the molecule is Cc1ccc(N(C)c2ccnc(Nc3cc(N4CCOCC4)cc(N4CCOCC4)c3)n2)cc1Cl. The van der Waals surface area contributed by atoms with Gasteiger partial charge in [-0.05, 0) is 48.9 Å². The lowest BCUT2D eigenvalue weighted by molar-refractivity contribution is 0.122. The lowest BCUT2D eigenvalue weighted by Crippen LogP contribution is -2.38. The molecule has 2 aromatic carbocycles. The fourth-order valence-electron chi connectivity index (χ4n) is 4.32. The zero-order valence-electron chi connectivity index (χ0n) is 20.2. The van der Waals surface area contributed by atoms with Gasteiger partial charge in [-0.2, -0.15) is 4.98 Å². The van der Waals surface area contributed by atoms with Gasteiger partial charge in [-0.3, -0.25) is 0 Å². The highest BCUT2D eigenvalue weighted by atomic mass is 35.5. The van der Waals surface area contributed by atoms with Gasteiger partial charge in [0.05, 0.1) is 26.4 Å². The lowest BCUT2D eigenvalue weighted by Gasteiger charge is -2.33. The van der Waals surface area contributed by atoms with E-state index >= 15 is 0 Å². The van der Waals surface area contributed by atoms with E-state index in [9.17, 15) is 0 Å². The topological polar surface area (TPSA) is 66.0 Å². The number of benzene rings is 2. The smallest absolute Gasteiger partial charge is 0.229 e. The predicted octanol–water partition coefficient (Wildman–Crippen LogP) is 4.62. The summed E-state index contributed by atoms with van der Waals surface area (Å²) in [6.45, 7) is 8.47. The second-order valence-electron chi connectivity index (χ2n) is 8.79. The van der Waals surface area contributed by atoms with Crippen LogP contribution in [0.4, 0.5) is 34.5 Å². The first-order chi connectivity index (χ1) is 17.1. The zero-order chi connectivity index (χ0) is 24.2. The molecule has 0 spiro atoms. The second kappa shape index (κ2) is 10.7. The van der Waals surface area contributed by atoms with Crippen molar-refractivity contribution in [3.05, 3.63) is 59.2 Å². The molecule has 0 saturated carbocycles. The summed E-state index contributed by atoms with van der Waals surface area (Å²) in [4.78, 5) is 16.0. The monoisotopic (exact) mass is 494 g/mol.